The molecule has 160 valence electrons. The standard InChI is InChI=1S/C23H20FN7O/c24-18-5-3-7-20(31-26-8-9-27-31)21(18)22(32)29-12-15-10-17(14-29)30(13-15)23-25-11-16-4-1-2-6-19(16)28-23/h1-9,11,15,17H,10,12-14H2. The fourth-order valence-electron chi connectivity index (χ4n) is 4.86. The lowest BCUT2D eigenvalue weighted by atomic mass is 9.99. The van der Waals surface area contributed by atoms with Crippen LogP contribution in [0.5, 0.6) is 0 Å². The Hall–Kier alpha value is -3.88. The molecule has 4 aromatic rings. The fraction of sp³-hybridized carbons (Fsp3) is 0.261. The third-order valence-corrected chi connectivity index (χ3v) is 6.27. The highest BCUT2D eigenvalue weighted by Crippen LogP contribution is 2.34. The molecule has 2 bridgehead atoms. The third kappa shape index (κ3) is 3.08. The summed E-state index contributed by atoms with van der Waals surface area (Å²) in [7, 11) is 0. The number of nitrogens with zero attached hydrogens (tertiary/aromatic N) is 7. The summed E-state index contributed by atoms with van der Waals surface area (Å²) in [5.41, 5.74) is 1.24. The number of likely N-dealkylation sites (tertiary alicyclic amines) is 1. The number of hydrogen-bond donors (Lipinski definition) is 0. The molecule has 2 aromatic heterocycles. The summed E-state index contributed by atoms with van der Waals surface area (Å²) < 4.78 is 14.8. The molecule has 0 radical (unpaired) electrons. The first kappa shape index (κ1) is 18.9. The molecule has 8 nitrogen and oxygen atoms in total. The van der Waals surface area contributed by atoms with E-state index in [0.717, 1.165) is 23.9 Å². The molecule has 32 heavy (non-hydrogen) atoms. The second-order valence-corrected chi connectivity index (χ2v) is 8.30. The first-order valence-corrected chi connectivity index (χ1v) is 10.6. The van der Waals surface area contributed by atoms with Crippen molar-refractivity contribution in [3.05, 3.63) is 72.4 Å². The summed E-state index contributed by atoms with van der Waals surface area (Å²) in [4.78, 5) is 28.0. The molecule has 2 atom stereocenters. The van der Waals surface area contributed by atoms with Crippen molar-refractivity contribution in [3.8, 4) is 5.69 Å². The van der Waals surface area contributed by atoms with Crippen LogP contribution in [0.15, 0.2) is 61.1 Å². The molecule has 0 aliphatic carbocycles. The molecule has 6 rings (SSSR count). The average Bonchev–Trinajstić information content (AvgIpc) is 3.46. The van der Waals surface area contributed by atoms with E-state index in [-0.39, 0.29) is 23.4 Å². The summed E-state index contributed by atoms with van der Waals surface area (Å²) in [5, 5.41) is 9.15. The highest BCUT2D eigenvalue weighted by molar-refractivity contribution is 5.98. The largest absolute Gasteiger partial charge is 0.336 e. The van der Waals surface area contributed by atoms with Crippen LogP contribution in [0.25, 0.3) is 16.6 Å². The number of rotatable bonds is 3. The number of anilines is 1. The van der Waals surface area contributed by atoms with Crippen molar-refractivity contribution in [2.45, 2.75) is 12.5 Å². The summed E-state index contributed by atoms with van der Waals surface area (Å²) >= 11 is 0. The van der Waals surface area contributed by atoms with Gasteiger partial charge in [-0.05, 0) is 30.5 Å². The van der Waals surface area contributed by atoms with Crippen LogP contribution in [0.2, 0.25) is 0 Å². The maximum Gasteiger partial charge on any atom is 0.259 e. The normalized spacial score (nSPS) is 20.2. The SMILES string of the molecule is O=C(c1c(F)cccc1-n1nccn1)N1CC2CC(C1)N(c1ncc3ccccc3n1)C2. The lowest BCUT2D eigenvalue weighted by molar-refractivity contribution is 0.0689. The highest BCUT2D eigenvalue weighted by Gasteiger charge is 2.42. The Labute approximate surface area is 183 Å². The number of benzene rings is 2. The Balaban J connectivity index is 1.29. The minimum atomic E-state index is -0.572. The number of halogens is 1. The van der Waals surface area contributed by atoms with Gasteiger partial charge in [0, 0.05) is 37.3 Å². The van der Waals surface area contributed by atoms with Crippen molar-refractivity contribution in [2.24, 2.45) is 5.92 Å². The second-order valence-electron chi connectivity index (χ2n) is 8.30. The van der Waals surface area contributed by atoms with Gasteiger partial charge in [0.1, 0.15) is 17.1 Å². The first-order chi connectivity index (χ1) is 15.7. The van der Waals surface area contributed by atoms with Crippen LogP contribution in [-0.2, 0) is 0 Å². The Kier molecular flexibility index (Phi) is 4.34. The molecule has 0 saturated carbocycles. The summed E-state index contributed by atoms with van der Waals surface area (Å²) in [6.45, 7) is 1.84. The van der Waals surface area contributed by atoms with Gasteiger partial charge in [0.2, 0.25) is 5.95 Å². The van der Waals surface area contributed by atoms with E-state index in [0.29, 0.717) is 24.7 Å². The minimum Gasteiger partial charge on any atom is -0.336 e. The zero-order chi connectivity index (χ0) is 21.7. The number of amides is 1. The van der Waals surface area contributed by atoms with E-state index in [1.165, 1.54) is 23.3 Å². The number of carbonyl (C=O) groups excluding carboxylic acids is 1. The van der Waals surface area contributed by atoms with Gasteiger partial charge in [-0.25, -0.2) is 14.4 Å². The van der Waals surface area contributed by atoms with Gasteiger partial charge in [0.25, 0.3) is 5.91 Å². The maximum absolute atomic E-state index is 14.8. The van der Waals surface area contributed by atoms with E-state index >= 15 is 0 Å². The summed E-state index contributed by atoms with van der Waals surface area (Å²) in [5.74, 6) is 0.0486. The highest BCUT2D eigenvalue weighted by atomic mass is 19.1. The molecule has 0 spiro atoms. The zero-order valence-corrected chi connectivity index (χ0v) is 17.2. The topological polar surface area (TPSA) is 80.0 Å². The molecule has 2 saturated heterocycles. The molecule has 2 aliphatic heterocycles. The Morgan fingerprint density at radius 3 is 2.72 bits per heavy atom. The molecule has 2 fully saturated rings. The third-order valence-electron chi connectivity index (χ3n) is 6.27. The predicted octanol–water partition coefficient (Wildman–Crippen LogP) is 2.70. The van der Waals surface area contributed by atoms with E-state index in [1.54, 1.807) is 17.0 Å². The van der Waals surface area contributed by atoms with Crippen LogP contribution in [0.4, 0.5) is 10.3 Å². The van der Waals surface area contributed by atoms with E-state index in [4.69, 9.17) is 4.98 Å². The van der Waals surface area contributed by atoms with Crippen molar-refractivity contribution >= 4 is 22.8 Å². The smallest absolute Gasteiger partial charge is 0.259 e. The van der Waals surface area contributed by atoms with Crippen LogP contribution < -0.4 is 4.90 Å². The van der Waals surface area contributed by atoms with Gasteiger partial charge >= 0.3 is 0 Å². The Bertz CT molecular complexity index is 1310. The number of para-hydroxylation sites is 1. The van der Waals surface area contributed by atoms with Gasteiger partial charge < -0.3 is 9.80 Å². The number of hydrogen-bond acceptors (Lipinski definition) is 6. The van der Waals surface area contributed by atoms with Gasteiger partial charge in [0.15, 0.2) is 0 Å². The quantitative estimate of drug-likeness (QED) is 0.498. The molecule has 2 aromatic carbocycles. The number of fused-ring (bicyclic) bond motifs is 3. The van der Waals surface area contributed by atoms with Crippen molar-refractivity contribution in [3.63, 3.8) is 0 Å². The van der Waals surface area contributed by atoms with Crippen molar-refractivity contribution in [1.82, 2.24) is 29.9 Å². The monoisotopic (exact) mass is 429 g/mol. The van der Waals surface area contributed by atoms with Crippen LogP contribution in [0, 0.1) is 11.7 Å². The van der Waals surface area contributed by atoms with Gasteiger partial charge in [-0.3, -0.25) is 4.79 Å². The van der Waals surface area contributed by atoms with Crippen LogP contribution in [-0.4, -0.2) is 61.4 Å². The predicted molar refractivity (Wildman–Crippen MR) is 116 cm³/mol. The lowest BCUT2D eigenvalue weighted by Crippen LogP contribution is -2.46. The van der Waals surface area contributed by atoms with Gasteiger partial charge in [-0.15, -0.1) is 0 Å². The minimum absolute atomic E-state index is 0.00138. The van der Waals surface area contributed by atoms with Crippen LogP contribution >= 0.6 is 0 Å². The van der Waals surface area contributed by atoms with E-state index in [2.05, 4.69) is 20.1 Å². The van der Waals surface area contributed by atoms with Crippen LogP contribution in [0.1, 0.15) is 16.8 Å². The summed E-state index contributed by atoms with van der Waals surface area (Å²) in [6, 6.07) is 12.5. The lowest BCUT2D eigenvalue weighted by Gasteiger charge is -2.33. The molecular weight excluding hydrogens is 409 g/mol. The maximum atomic E-state index is 14.8. The Morgan fingerprint density at radius 1 is 1.00 bits per heavy atom. The molecule has 1 amide bonds. The van der Waals surface area contributed by atoms with Gasteiger partial charge in [-0.2, -0.15) is 15.0 Å². The van der Waals surface area contributed by atoms with Crippen molar-refractivity contribution in [2.75, 3.05) is 24.5 Å². The van der Waals surface area contributed by atoms with Crippen molar-refractivity contribution in [1.29, 1.82) is 0 Å². The zero-order valence-electron chi connectivity index (χ0n) is 17.2. The number of piperidine rings is 1. The molecule has 4 heterocycles. The summed E-state index contributed by atoms with van der Waals surface area (Å²) in [6.07, 6.45) is 5.81. The first-order valence-electron chi connectivity index (χ1n) is 10.6. The van der Waals surface area contributed by atoms with E-state index in [9.17, 15) is 9.18 Å². The molecule has 2 unspecified atom stereocenters. The Morgan fingerprint density at radius 2 is 1.84 bits per heavy atom. The van der Waals surface area contributed by atoms with Crippen LogP contribution in [0.3, 0.4) is 0 Å². The average molecular weight is 429 g/mol. The molecule has 9 heteroatoms. The molecule has 2 aliphatic rings. The second kappa shape index (κ2) is 7.37. The van der Waals surface area contributed by atoms with E-state index < -0.39 is 5.82 Å². The molecule has 0 N–H and O–H groups in total. The van der Waals surface area contributed by atoms with Gasteiger partial charge in [0.05, 0.1) is 17.9 Å². The number of carbonyl (C=O) groups is 1. The van der Waals surface area contributed by atoms with Crippen molar-refractivity contribution < 1.29 is 9.18 Å². The van der Waals surface area contributed by atoms with Gasteiger partial charge in [-0.1, -0.05) is 24.3 Å². The number of aromatic nitrogens is 5. The fourth-order valence-corrected chi connectivity index (χ4v) is 4.86. The van der Waals surface area contributed by atoms with E-state index in [1.807, 2.05) is 30.5 Å². The molecular formula is C23H20FN7O.